The normalized spacial score (nSPS) is 32.5. The lowest BCUT2D eigenvalue weighted by molar-refractivity contribution is 0.287. The fourth-order valence-corrected chi connectivity index (χ4v) is 4.97. The molecule has 3 atom stereocenters. The second kappa shape index (κ2) is 4.55. The maximum atomic E-state index is 11.8. The monoisotopic (exact) mass is 319 g/mol. The number of nitrogens with one attached hydrogen (secondary N) is 2. The molecular weight excluding hydrogens is 298 g/mol. The van der Waals surface area contributed by atoms with E-state index >= 15 is 0 Å². The van der Waals surface area contributed by atoms with Gasteiger partial charge in [-0.3, -0.25) is 9.71 Å². The minimum Gasteiger partial charge on any atom is -0.313 e. The van der Waals surface area contributed by atoms with E-state index in [0.29, 0.717) is 12.0 Å². The molecule has 1 aliphatic carbocycles. The molecule has 4 rings (SSSR count). The number of hydrogen-bond donors (Lipinski definition) is 2. The van der Waals surface area contributed by atoms with E-state index in [1.54, 1.807) is 0 Å². The van der Waals surface area contributed by atoms with Crippen LogP contribution in [0.2, 0.25) is 0 Å². The van der Waals surface area contributed by atoms with Gasteiger partial charge >= 0.3 is 0 Å². The number of nitrogens with zero attached hydrogens (tertiary/aromatic N) is 1. The number of fused-ring (bicyclic) bond motifs is 2. The molecular formula is C16H21N3O2S. The molecule has 2 N–H and O–H groups in total. The van der Waals surface area contributed by atoms with Gasteiger partial charge in [-0.1, -0.05) is 6.92 Å². The summed E-state index contributed by atoms with van der Waals surface area (Å²) in [7, 11) is -3.29. The highest BCUT2D eigenvalue weighted by molar-refractivity contribution is 7.92. The molecule has 118 valence electrons. The number of rotatable bonds is 2. The Bertz CT molecular complexity index is 772. The van der Waals surface area contributed by atoms with Crippen LogP contribution in [0.15, 0.2) is 17.1 Å². The molecule has 0 amide bonds. The number of benzene rings is 1. The molecule has 5 nitrogen and oxygen atoms in total. The largest absolute Gasteiger partial charge is 0.313 e. The van der Waals surface area contributed by atoms with Crippen LogP contribution in [0.25, 0.3) is 0 Å². The predicted molar refractivity (Wildman–Crippen MR) is 88.8 cm³/mol. The van der Waals surface area contributed by atoms with E-state index in [1.807, 2.05) is 18.3 Å². The van der Waals surface area contributed by atoms with Crippen molar-refractivity contribution in [1.29, 1.82) is 0 Å². The van der Waals surface area contributed by atoms with Gasteiger partial charge in [-0.05, 0) is 49.1 Å². The molecule has 0 saturated carbocycles. The standard InChI is InChI=1S/C16H21N3O2S/c1-16-8-13-10(4-3-7-17-13)14-11(19-22(2,20)21)5-6-12(15(14)16)18-9-16/h5-6,9-10,13,17,19H,3-4,7-8H2,1-2H3/t10-,13+,16?/m0/s1. The highest BCUT2D eigenvalue weighted by Gasteiger charge is 2.46. The zero-order chi connectivity index (χ0) is 15.5. The lowest BCUT2D eigenvalue weighted by Crippen LogP contribution is -2.48. The molecule has 2 heterocycles. The third-order valence-corrected chi connectivity index (χ3v) is 5.77. The molecule has 1 unspecified atom stereocenters. The smallest absolute Gasteiger partial charge is 0.229 e. The Balaban J connectivity index is 1.93. The van der Waals surface area contributed by atoms with Gasteiger partial charge in [0.25, 0.3) is 0 Å². The number of anilines is 1. The van der Waals surface area contributed by atoms with Gasteiger partial charge in [0.15, 0.2) is 0 Å². The van der Waals surface area contributed by atoms with Gasteiger partial charge in [0.05, 0.1) is 17.6 Å². The fraction of sp³-hybridized carbons (Fsp3) is 0.562. The van der Waals surface area contributed by atoms with Gasteiger partial charge < -0.3 is 5.32 Å². The van der Waals surface area contributed by atoms with Crippen molar-refractivity contribution in [2.75, 3.05) is 17.5 Å². The number of sulfonamides is 1. The molecule has 0 radical (unpaired) electrons. The average molecular weight is 319 g/mol. The second-order valence-corrected chi connectivity index (χ2v) is 8.73. The quantitative estimate of drug-likeness (QED) is 0.878. The van der Waals surface area contributed by atoms with Crippen LogP contribution in [0.1, 0.15) is 43.2 Å². The third-order valence-electron chi connectivity index (χ3n) is 5.18. The molecule has 22 heavy (non-hydrogen) atoms. The van der Waals surface area contributed by atoms with Crippen molar-refractivity contribution in [3.63, 3.8) is 0 Å². The molecule has 1 aromatic rings. The Morgan fingerprint density at radius 1 is 1.41 bits per heavy atom. The van der Waals surface area contributed by atoms with Crippen LogP contribution in [0.4, 0.5) is 11.4 Å². The molecule has 1 fully saturated rings. The summed E-state index contributed by atoms with van der Waals surface area (Å²) < 4.78 is 26.2. The number of aliphatic imine (C=N–C) groups is 1. The van der Waals surface area contributed by atoms with Crippen molar-refractivity contribution in [3.05, 3.63) is 23.3 Å². The molecule has 0 spiro atoms. The maximum absolute atomic E-state index is 11.8. The Kier molecular flexibility index (Phi) is 2.94. The Hall–Kier alpha value is -1.40. The van der Waals surface area contributed by atoms with Crippen LogP contribution in [-0.2, 0) is 15.4 Å². The van der Waals surface area contributed by atoms with Gasteiger partial charge in [0.2, 0.25) is 10.0 Å². The van der Waals surface area contributed by atoms with E-state index in [4.69, 9.17) is 0 Å². The zero-order valence-corrected chi connectivity index (χ0v) is 13.7. The number of hydrogen-bond acceptors (Lipinski definition) is 4. The molecule has 1 saturated heterocycles. The van der Waals surface area contributed by atoms with E-state index in [1.165, 1.54) is 11.8 Å². The van der Waals surface area contributed by atoms with Gasteiger partial charge in [-0.15, -0.1) is 0 Å². The Morgan fingerprint density at radius 3 is 3.00 bits per heavy atom. The SMILES string of the molecule is CC12C=Nc3ccc(NS(C)(=O)=O)c(c31)[C@H]1CCCN[C@@H]1C2. The van der Waals surface area contributed by atoms with E-state index in [9.17, 15) is 8.42 Å². The summed E-state index contributed by atoms with van der Waals surface area (Å²) in [6, 6.07) is 4.20. The summed E-state index contributed by atoms with van der Waals surface area (Å²) in [5, 5.41) is 3.63. The van der Waals surface area contributed by atoms with E-state index in [0.717, 1.165) is 42.7 Å². The molecule has 6 heteroatoms. The zero-order valence-electron chi connectivity index (χ0n) is 12.9. The maximum Gasteiger partial charge on any atom is 0.229 e. The van der Waals surface area contributed by atoms with Crippen LogP contribution in [-0.4, -0.2) is 33.5 Å². The van der Waals surface area contributed by atoms with Gasteiger partial charge in [-0.25, -0.2) is 8.42 Å². The Morgan fingerprint density at radius 2 is 2.23 bits per heavy atom. The third kappa shape index (κ3) is 2.08. The topological polar surface area (TPSA) is 70.6 Å². The van der Waals surface area contributed by atoms with Gasteiger partial charge in [0, 0.05) is 23.6 Å². The first kappa shape index (κ1) is 14.2. The van der Waals surface area contributed by atoms with Crippen molar-refractivity contribution >= 4 is 27.6 Å². The summed E-state index contributed by atoms with van der Waals surface area (Å²) in [4.78, 5) is 4.59. The molecule has 1 aromatic carbocycles. The number of piperidine rings is 1. The van der Waals surface area contributed by atoms with E-state index in [-0.39, 0.29) is 5.41 Å². The van der Waals surface area contributed by atoms with Crippen molar-refractivity contribution in [3.8, 4) is 0 Å². The minimum absolute atomic E-state index is 0.0919. The van der Waals surface area contributed by atoms with Crippen LogP contribution >= 0.6 is 0 Å². The van der Waals surface area contributed by atoms with E-state index in [2.05, 4.69) is 22.0 Å². The lowest BCUT2D eigenvalue weighted by Gasteiger charge is -2.44. The molecule has 0 bridgehead atoms. The summed E-state index contributed by atoms with van der Waals surface area (Å²) >= 11 is 0. The van der Waals surface area contributed by atoms with Crippen LogP contribution < -0.4 is 10.0 Å². The van der Waals surface area contributed by atoms with Crippen molar-refractivity contribution in [1.82, 2.24) is 5.32 Å². The van der Waals surface area contributed by atoms with Crippen LogP contribution in [0.3, 0.4) is 0 Å². The van der Waals surface area contributed by atoms with Crippen molar-refractivity contribution in [2.24, 2.45) is 4.99 Å². The van der Waals surface area contributed by atoms with Gasteiger partial charge in [-0.2, -0.15) is 0 Å². The van der Waals surface area contributed by atoms with E-state index < -0.39 is 10.0 Å². The fourth-order valence-electron chi connectivity index (χ4n) is 4.39. The van der Waals surface area contributed by atoms with Crippen LogP contribution in [0.5, 0.6) is 0 Å². The highest BCUT2D eigenvalue weighted by atomic mass is 32.2. The highest BCUT2D eigenvalue weighted by Crippen LogP contribution is 2.53. The van der Waals surface area contributed by atoms with Crippen molar-refractivity contribution < 1.29 is 8.42 Å². The first-order valence-corrected chi connectivity index (χ1v) is 9.70. The molecule has 2 aliphatic heterocycles. The van der Waals surface area contributed by atoms with Crippen LogP contribution in [0, 0.1) is 0 Å². The summed E-state index contributed by atoms with van der Waals surface area (Å²) in [5.41, 5.74) is 4.03. The average Bonchev–Trinajstić information content (AvgIpc) is 2.77. The van der Waals surface area contributed by atoms with Gasteiger partial charge in [0.1, 0.15) is 0 Å². The Labute approximate surface area is 131 Å². The first-order valence-electron chi connectivity index (χ1n) is 7.81. The lowest BCUT2D eigenvalue weighted by atomic mass is 9.64. The summed E-state index contributed by atoms with van der Waals surface area (Å²) in [6.45, 7) is 3.25. The molecule has 0 aromatic heterocycles. The summed E-state index contributed by atoms with van der Waals surface area (Å²) in [5.74, 6) is 0.364. The summed E-state index contributed by atoms with van der Waals surface area (Å²) in [6.07, 6.45) is 6.51. The predicted octanol–water partition coefficient (Wildman–Crippen LogP) is 2.27. The first-order chi connectivity index (χ1) is 10.4. The van der Waals surface area contributed by atoms with Crippen molar-refractivity contribution in [2.45, 2.75) is 43.6 Å². The minimum atomic E-state index is -3.29. The molecule has 3 aliphatic rings. The second-order valence-electron chi connectivity index (χ2n) is 6.98.